The molecule has 5 nitrogen and oxygen atoms in total. The van der Waals surface area contributed by atoms with Gasteiger partial charge < -0.3 is 10.2 Å². The highest BCUT2D eigenvalue weighted by Gasteiger charge is 2.24. The van der Waals surface area contributed by atoms with Crippen LogP contribution in [0.15, 0.2) is 45.9 Å². The van der Waals surface area contributed by atoms with Crippen LogP contribution in [0.5, 0.6) is 0 Å². The minimum atomic E-state index is -3.57. The number of hydrogen-bond donors (Lipinski definition) is 1. The van der Waals surface area contributed by atoms with Crippen molar-refractivity contribution in [1.29, 1.82) is 0 Å². The summed E-state index contributed by atoms with van der Waals surface area (Å²) in [5.74, 6) is 0.607. The van der Waals surface area contributed by atoms with Gasteiger partial charge in [0.1, 0.15) is 5.76 Å². The van der Waals surface area contributed by atoms with Crippen LogP contribution in [0.4, 0.5) is 5.69 Å². The van der Waals surface area contributed by atoms with Gasteiger partial charge in [-0.1, -0.05) is 13.0 Å². The maximum atomic E-state index is 12.6. The van der Waals surface area contributed by atoms with Gasteiger partial charge in [-0.2, -0.15) is 4.31 Å². The second kappa shape index (κ2) is 5.68. The first-order valence-corrected chi connectivity index (χ1v) is 7.78. The van der Waals surface area contributed by atoms with E-state index < -0.39 is 10.0 Å². The predicted molar refractivity (Wildman–Crippen MR) is 77.6 cm³/mol. The molecule has 0 amide bonds. The average Bonchev–Trinajstić information content (AvgIpc) is 2.91. The highest BCUT2D eigenvalue weighted by atomic mass is 32.2. The molecule has 20 heavy (non-hydrogen) atoms. The summed E-state index contributed by atoms with van der Waals surface area (Å²) in [5.41, 5.74) is 7.13. The summed E-state index contributed by atoms with van der Waals surface area (Å²) in [6.07, 6.45) is 1.53. The number of nitrogens with two attached hydrogens (primary N) is 1. The van der Waals surface area contributed by atoms with Gasteiger partial charge in [0.2, 0.25) is 10.0 Å². The minimum absolute atomic E-state index is 0.203. The maximum Gasteiger partial charge on any atom is 0.243 e. The van der Waals surface area contributed by atoms with E-state index in [0.29, 0.717) is 18.0 Å². The third-order valence-corrected chi connectivity index (χ3v) is 5.07. The molecule has 0 unspecified atom stereocenters. The van der Waals surface area contributed by atoms with E-state index in [1.807, 2.05) is 6.92 Å². The highest BCUT2D eigenvalue weighted by molar-refractivity contribution is 7.89. The molecule has 2 N–H and O–H groups in total. The second-order valence-electron chi connectivity index (χ2n) is 4.53. The number of benzene rings is 1. The zero-order chi connectivity index (χ0) is 14.8. The van der Waals surface area contributed by atoms with Crippen LogP contribution in [0, 0.1) is 6.92 Å². The second-order valence-corrected chi connectivity index (χ2v) is 6.47. The Morgan fingerprint density at radius 2 is 2.05 bits per heavy atom. The van der Waals surface area contributed by atoms with Crippen molar-refractivity contribution in [2.24, 2.45) is 0 Å². The SMILES string of the molecule is CCN(Cc1ccco1)S(=O)(=O)c1ccc(C)c(N)c1. The number of hydrogen-bond acceptors (Lipinski definition) is 4. The molecule has 0 fully saturated rings. The van der Waals surface area contributed by atoms with E-state index in [9.17, 15) is 8.42 Å². The first-order chi connectivity index (χ1) is 9.45. The Balaban J connectivity index is 2.33. The fourth-order valence-electron chi connectivity index (χ4n) is 1.87. The van der Waals surface area contributed by atoms with Crippen LogP contribution in [0.25, 0.3) is 0 Å². The maximum absolute atomic E-state index is 12.6. The topological polar surface area (TPSA) is 76.5 Å². The third kappa shape index (κ3) is 2.86. The molecular weight excluding hydrogens is 276 g/mol. The number of sulfonamides is 1. The van der Waals surface area contributed by atoms with Gasteiger partial charge in [-0.3, -0.25) is 0 Å². The largest absolute Gasteiger partial charge is 0.468 e. The molecule has 1 aromatic carbocycles. The average molecular weight is 294 g/mol. The van der Waals surface area contributed by atoms with E-state index in [4.69, 9.17) is 10.2 Å². The lowest BCUT2D eigenvalue weighted by Gasteiger charge is -2.19. The molecular formula is C14H18N2O3S. The summed E-state index contributed by atoms with van der Waals surface area (Å²) >= 11 is 0. The van der Waals surface area contributed by atoms with Crippen molar-refractivity contribution in [3.63, 3.8) is 0 Å². The first kappa shape index (κ1) is 14.6. The van der Waals surface area contributed by atoms with Crippen LogP contribution in [-0.2, 0) is 16.6 Å². The van der Waals surface area contributed by atoms with Gasteiger partial charge in [-0.05, 0) is 36.8 Å². The summed E-state index contributed by atoms with van der Waals surface area (Å²) in [4.78, 5) is 0.203. The van der Waals surface area contributed by atoms with E-state index in [1.165, 1.54) is 16.6 Å². The fourth-order valence-corrected chi connectivity index (χ4v) is 3.32. The predicted octanol–water partition coefficient (Wildman–Crippen LogP) is 2.38. The van der Waals surface area contributed by atoms with Crippen molar-refractivity contribution >= 4 is 15.7 Å². The zero-order valence-corrected chi connectivity index (χ0v) is 12.4. The van der Waals surface area contributed by atoms with Gasteiger partial charge in [0.05, 0.1) is 17.7 Å². The van der Waals surface area contributed by atoms with E-state index in [-0.39, 0.29) is 11.4 Å². The van der Waals surface area contributed by atoms with Crippen molar-refractivity contribution in [2.45, 2.75) is 25.3 Å². The molecule has 0 aliphatic rings. The van der Waals surface area contributed by atoms with Crippen molar-refractivity contribution in [2.75, 3.05) is 12.3 Å². The van der Waals surface area contributed by atoms with Crippen molar-refractivity contribution < 1.29 is 12.8 Å². The lowest BCUT2D eigenvalue weighted by Crippen LogP contribution is -2.30. The molecule has 0 atom stereocenters. The van der Waals surface area contributed by atoms with E-state index in [1.54, 1.807) is 31.2 Å². The van der Waals surface area contributed by atoms with Crippen LogP contribution < -0.4 is 5.73 Å². The Kier molecular flexibility index (Phi) is 4.15. The molecule has 1 aromatic heterocycles. The lowest BCUT2D eigenvalue weighted by atomic mass is 10.2. The Labute approximate surface area is 119 Å². The monoisotopic (exact) mass is 294 g/mol. The third-order valence-electron chi connectivity index (χ3n) is 3.15. The number of aryl methyl sites for hydroxylation is 1. The Morgan fingerprint density at radius 1 is 1.30 bits per heavy atom. The fraction of sp³-hybridized carbons (Fsp3) is 0.286. The normalized spacial score (nSPS) is 11.9. The van der Waals surface area contributed by atoms with Crippen LogP contribution in [-0.4, -0.2) is 19.3 Å². The summed E-state index contributed by atoms with van der Waals surface area (Å²) < 4.78 is 31.7. The zero-order valence-electron chi connectivity index (χ0n) is 11.5. The molecule has 2 aromatic rings. The van der Waals surface area contributed by atoms with Gasteiger partial charge in [0, 0.05) is 12.2 Å². The molecule has 0 aliphatic heterocycles. The molecule has 0 saturated heterocycles. The number of anilines is 1. The smallest absolute Gasteiger partial charge is 0.243 e. The number of furan rings is 1. The molecule has 0 bridgehead atoms. The van der Waals surface area contributed by atoms with E-state index in [2.05, 4.69) is 0 Å². The van der Waals surface area contributed by atoms with Crippen LogP contribution in [0.3, 0.4) is 0 Å². The van der Waals surface area contributed by atoms with E-state index in [0.717, 1.165) is 5.56 Å². The van der Waals surface area contributed by atoms with Crippen molar-refractivity contribution in [3.8, 4) is 0 Å². The van der Waals surface area contributed by atoms with Gasteiger partial charge >= 0.3 is 0 Å². The molecule has 2 rings (SSSR count). The first-order valence-electron chi connectivity index (χ1n) is 6.34. The van der Waals surface area contributed by atoms with Gasteiger partial charge in [0.15, 0.2) is 0 Å². The quantitative estimate of drug-likeness (QED) is 0.859. The van der Waals surface area contributed by atoms with Crippen LogP contribution in [0.2, 0.25) is 0 Å². The van der Waals surface area contributed by atoms with Crippen molar-refractivity contribution in [1.82, 2.24) is 4.31 Å². The molecule has 108 valence electrons. The Hall–Kier alpha value is -1.79. The van der Waals surface area contributed by atoms with Gasteiger partial charge in [-0.25, -0.2) is 8.42 Å². The van der Waals surface area contributed by atoms with Gasteiger partial charge in [-0.15, -0.1) is 0 Å². The molecule has 1 heterocycles. The number of rotatable bonds is 5. The molecule has 0 spiro atoms. The number of nitrogens with zero attached hydrogens (tertiary/aromatic N) is 1. The summed E-state index contributed by atoms with van der Waals surface area (Å²) in [6.45, 7) is 4.20. The summed E-state index contributed by atoms with van der Waals surface area (Å²) in [6, 6.07) is 8.27. The summed E-state index contributed by atoms with van der Waals surface area (Å²) in [5, 5.41) is 0. The molecule has 0 aliphatic carbocycles. The van der Waals surface area contributed by atoms with Crippen molar-refractivity contribution in [3.05, 3.63) is 47.9 Å². The lowest BCUT2D eigenvalue weighted by molar-refractivity contribution is 0.375. The standard InChI is InChI=1S/C14H18N2O3S/c1-3-16(10-12-5-4-8-19-12)20(17,18)13-7-6-11(2)14(15)9-13/h4-9H,3,10,15H2,1-2H3. The Bertz CT molecular complexity index is 678. The van der Waals surface area contributed by atoms with Crippen LogP contribution >= 0.6 is 0 Å². The highest BCUT2D eigenvalue weighted by Crippen LogP contribution is 2.22. The molecule has 0 saturated carbocycles. The number of nitrogen functional groups attached to an aromatic ring is 1. The molecule has 6 heteroatoms. The Morgan fingerprint density at radius 3 is 2.60 bits per heavy atom. The minimum Gasteiger partial charge on any atom is -0.468 e. The molecule has 0 radical (unpaired) electrons. The van der Waals surface area contributed by atoms with Crippen LogP contribution in [0.1, 0.15) is 18.2 Å². The van der Waals surface area contributed by atoms with E-state index >= 15 is 0 Å². The summed E-state index contributed by atoms with van der Waals surface area (Å²) in [7, 11) is -3.57. The van der Waals surface area contributed by atoms with Gasteiger partial charge in [0.25, 0.3) is 0 Å².